The third-order valence-electron chi connectivity index (χ3n) is 4.38. The molecular formula is C19H25N5O2. The average molecular weight is 355 g/mol. The minimum Gasteiger partial charge on any atom is -0.322 e. The smallest absolute Gasteiger partial charge is 0.256 e. The van der Waals surface area contributed by atoms with Crippen LogP contribution in [0.4, 0.5) is 5.82 Å². The highest BCUT2D eigenvalue weighted by Gasteiger charge is 2.28. The molecule has 0 aliphatic carbocycles. The third kappa shape index (κ3) is 4.11. The van der Waals surface area contributed by atoms with Gasteiger partial charge in [0, 0.05) is 24.1 Å². The van der Waals surface area contributed by atoms with Crippen molar-refractivity contribution < 1.29 is 9.59 Å². The van der Waals surface area contributed by atoms with Crippen molar-refractivity contribution in [3.63, 3.8) is 0 Å². The molecule has 1 saturated heterocycles. The summed E-state index contributed by atoms with van der Waals surface area (Å²) in [7, 11) is 0. The van der Waals surface area contributed by atoms with Gasteiger partial charge in [-0.05, 0) is 32.4 Å². The van der Waals surface area contributed by atoms with E-state index in [9.17, 15) is 9.59 Å². The number of amides is 2. The highest BCUT2D eigenvalue weighted by Crippen LogP contribution is 2.19. The zero-order valence-electron chi connectivity index (χ0n) is 15.4. The van der Waals surface area contributed by atoms with E-state index in [4.69, 9.17) is 0 Å². The number of hydrogen-bond acceptors (Lipinski definition) is 4. The summed E-state index contributed by atoms with van der Waals surface area (Å²) in [6, 6.07) is 9.30. The largest absolute Gasteiger partial charge is 0.322 e. The standard InChI is InChI=1S/C19H25N5O2/c1-4-6-15-11-17(25)22-19(20-15)24-16(10-13(3)23-24)21-18(26)14-8-5-7-12(2)9-14/h5,7-10,15,19-20H,4,6,11H2,1-3H3,(H,21,26)(H,22,25). The zero-order valence-corrected chi connectivity index (χ0v) is 15.4. The first-order chi connectivity index (χ1) is 12.5. The van der Waals surface area contributed by atoms with Gasteiger partial charge in [-0.3, -0.25) is 14.9 Å². The van der Waals surface area contributed by atoms with Crippen LogP contribution < -0.4 is 16.0 Å². The number of benzene rings is 1. The molecule has 1 fully saturated rings. The molecule has 3 rings (SSSR count). The van der Waals surface area contributed by atoms with E-state index in [1.807, 2.05) is 32.0 Å². The van der Waals surface area contributed by atoms with Crippen molar-refractivity contribution in [3.05, 3.63) is 47.2 Å². The fourth-order valence-corrected chi connectivity index (χ4v) is 3.21. The van der Waals surface area contributed by atoms with Gasteiger partial charge in [0.05, 0.1) is 5.69 Å². The normalized spacial score (nSPS) is 19.9. The van der Waals surface area contributed by atoms with Crippen LogP contribution in [0, 0.1) is 13.8 Å². The van der Waals surface area contributed by atoms with E-state index in [0.717, 1.165) is 24.1 Å². The number of hydrogen-bond donors (Lipinski definition) is 3. The lowest BCUT2D eigenvalue weighted by atomic mass is 10.1. The summed E-state index contributed by atoms with van der Waals surface area (Å²) in [5, 5.41) is 13.6. The SMILES string of the molecule is CCCC1CC(=O)NC(n2nc(C)cc2NC(=O)c2cccc(C)c2)N1. The van der Waals surface area contributed by atoms with E-state index in [1.54, 1.807) is 16.8 Å². The van der Waals surface area contributed by atoms with Crippen molar-refractivity contribution in [1.29, 1.82) is 0 Å². The van der Waals surface area contributed by atoms with Crippen LogP contribution in [-0.2, 0) is 4.79 Å². The highest BCUT2D eigenvalue weighted by atomic mass is 16.2. The van der Waals surface area contributed by atoms with Crippen LogP contribution in [0.1, 0.15) is 54.1 Å². The molecule has 26 heavy (non-hydrogen) atoms. The van der Waals surface area contributed by atoms with E-state index >= 15 is 0 Å². The second-order valence-electron chi connectivity index (χ2n) is 6.77. The predicted octanol–water partition coefficient (Wildman–Crippen LogP) is 2.49. The van der Waals surface area contributed by atoms with Gasteiger partial charge in [0.15, 0.2) is 6.29 Å². The molecule has 0 radical (unpaired) electrons. The molecule has 0 spiro atoms. The van der Waals surface area contributed by atoms with Crippen LogP contribution in [-0.4, -0.2) is 27.6 Å². The third-order valence-corrected chi connectivity index (χ3v) is 4.38. The fraction of sp³-hybridized carbons (Fsp3) is 0.421. The molecule has 1 aromatic heterocycles. The van der Waals surface area contributed by atoms with Crippen molar-refractivity contribution in [2.24, 2.45) is 0 Å². The Hall–Kier alpha value is -2.67. The molecule has 0 bridgehead atoms. The molecule has 1 aliphatic heterocycles. The van der Waals surface area contributed by atoms with Crippen molar-refractivity contribution >= 4 is 17.6 Å². The molecule has 1 aromatic carbocycles. The van der Waals surface area contributed by atoms with Gasteiger partial charge in [-0.15, -0.1) is 0 Å². The Morgan fingerprint density at radius 1 is 1.35 bits per heavy atom. The fourth-order valence-electron chi connectivity index (χ4n) is 3.21. The molecular weight excluding hydrogens is 330 g/mol. The number of aromatic nitrogens is 2. The second-order valence-corrected chi connectivity index (χ2v) is 6.77. The first-order valence-corrected chi connectivity index (χ1v) is 8.96. The monoisotopic (exact) mass is 355 g/mol. The molecule has 0 saturated carbocycles. The number of aryl methyl sites for hydroxylation is 2. The van der Waals surface area contributed by atoms with Gasteiger partial charge < -0.3 is 10.6 Å². The molecule has 138 valence electrons. The van der Waals surface area contributed by atoms with Gasteiger partial charge in [0.2, 0.25) is 5.91 Å². The van der Waals surface area contributed by atoms with E-state index in [1.165, 1.54) is 0 Å². The minimum atomic E-state index is -0.477. The molecule has 2 atom stereocenters. The Bertz CT molecular complexity index is 814. The number of rotatable bonds is 5. The lowest BCUT2D eigenvalue weighted by molar-refractivity contribution is -0.125. The van der Waals surface area contributed by atoms with Gasteiger partial charge in [0.1, 0.15) is 5.82 Å². The molecule has 2 heterocycles. The maximum absolute atomic E-state index is 12.6. The Morgan fingerprint density at radius 3 is 2.88 bits per heavy atom. The number of carbonyl (C=O) groups is 2. The van der Waals surface area contributed by atoms with Crippen molar-refractivity contribution in [2.45, 2.75) is 52.4 Å². The molecule has 3 N–H and O–H groups in total. The Labute approximate surface area is 153 Å². The van der Waals surface area contributed by atoms with Crippen LogP contribution in [0.15, 0.2) is 30.3 Å². The molecule has 1 aliphatic rings. The number of anilines is 1. The quantitative estimate of drug-likeness (QED) is 0.769. The summed E-state index contributed by atoms with van der Waals surface area (Å²) in [4.78, 5) is 24.6. The zero-order chi connectivity index (χ0) is 18.7. The average Bonchev–Trinajstić information content (AvgIpc) is 2.95. The summed E-state index contributed by atoms with van der Waals surface area (Å²) < 4.78 is 1.63. The molecule has 7 nitrogen and oxygen atoms in total. The van der Waals surface area contributed by atoms with Crippen LogP contribution >= 0.6 is 0 Å². The van der Waals surface area contributed by atoms with Crippen LogP contribution in [0.5, 0.6) is 0 Å². The van der Waals surface area contributed by atoms with Crippen LogP contribution in [0.3, 0.4) is 0 Å². The maximum atomic E-state index is 12.6. The van der Waals surface area contributed by atoms with Gasteiger partial charge >= 0.3 is 0 Å². The van der Waals surface area contributed by atoms with Crippen LogP contribution in [0.25, 0.3) is 0 Å². The minimum absolute atomic E-state index is 0.0173. The lowest BCUT2D eigenvalue weighted by Crippen LogP contribution is -2.53. The van der Waals surface area contributed by atoms with E-state index in [0.29, 0.717) is 17.8 Å². The van der Waals surface area contributed by atoms with E-state index < -0.39 is 6.29 Å². The second kappa shape index (κ2) is 7.70. The highest BCUT2D eigenvalue weighted by molar-refractivity contribution is 6.04. The molecule has 2 amide bonds. The Kier molecular flexibility index (Phi) is 5.37. The molecule has 7 heteroatoms. The number of nitrogens with zero attached hydrogens (tertiary/aromatic N) is 2. The predicted molar refractivity (Wildman–Crippen MR) is 99.7 cm³/mol. The first-order valence-electron chi connectivity index (χ1n) is 8.96. The number of carbonyl (C=O) groups excluding carboxylic acids is 2. The summed E-state index contributed by atoms with van der Waals surface area (Å²) in [5.41, 5.74) is 2.36. The van der Waals surface area contributed by atoms with Crippen LogP contribution in [0.2, 0.25) is 0 Å². The lowest BCUT2D eigenvalue weighted by Gasteiger charge is -2.32. The van der Waals surface area contributed by atoms with Crippen molar-refractivity contribution in [3.8, 4) is 0 Å². The number of nitrogens with one attached hydrogen (secondary N) is 3. The Morgan fingerprint density at radius 2 is 2.15 bits per heavy atom. The maximum Gasteiger partial charge on any atom is 0.256 e. The van der Waals surface area contributed by atoms with Gasteiger partial charge in [-0.25, -0.2) is 4.68 Å². The van der Waals surface area contributed by atoms with Gasteiger partial charge in [-0.1, -0.05) is 31.0 Å². The summed E-state index contributed by atoms with van der Waals surface area (Å²) >= 11 is 0. The van der Waals surface area contributed by atoms with Gasteiger partial charge in [0.25, 0.3) is 5.91 Å². The Balaban J connectivity index is 1.81. The first kappa shape index (κ1) is 18.1. The summed E-state index contributed by atoms with van der Waals surface area (Å²) in [6.45, 7) is 5.89. The summed E-state index contributed by atoms with van der Waals surface area (Å²) in [5.74, 6) is 0.322. The van der Waals surface area contributed by atoms with E-state index in [2.05, 4.69) is 28.0 Å². The summed E-state index contributed by atoms with van der Waals surface area (Å²) in [6.07, 6.45) is 1.88. The molecule has 2 aromatic rings. The van der Waals surface area contributed by atoms with Gasteiger partial charge in [-0.2, -0.15) is 5.10 Å². The topological polar surface area (TPSA) is 88.1 Å². The van der Waals surface area contributed by atoms with E-state index in [-0.39, 0.29) is 17.9 Å². The molecule has 2 unspecified atom stereocenters. The van der Waals surface area contributed by atoms with Crippen molar-refractivity contribution in [2.75, 3.05) is 5.32 Å². The van der Waals surface area contributed by atoms with Crippen molar-refractivity contribution in [1.82, 2.24) is 20.4 Å².